The number of nitrogens with one attached hydrogen (secondary N) is 1. The molecule has 5 heteroatoms. The molecule has 1 aliphatic heterocycles. The van der Waals surface area contributed by atoms with Crippen molar-refractivity contribution in [2.75, 3.05) is 20.1 Å². The third-order valence-corrected chi connectivity index (χ3v) is 3.27. The van der Waals surface area contributed by atoms with E-state index in [-0.39, 0.29) is 0 Å². The Labute approximate surface area is 88.7 Å². The lowest BCUT2D eigenvalue weighted by Crippen LogP contribution is -2.40. The molecule has 0 bridgehead atoms. The van der Waals surface area contributed by atoms with Crippen LogP contribution in [-0.4, -0.2) is 39.8 Å². The highest BCUT2D eigenvalue weighted by atomic mass is 32.1. The zero-order valence-electron chi connectivity index (χ0n) is 8.44. The Morgan fingerprint density at radius 1 is 1.57 bits per heavy atom. The molecule has 0 saturated carbocycles. The van der Waals surface area contributed by atoms with Crippen LogP contribution in [0.25, 0.3) is 0 Å². The molecule has 0 atom stereocenters. The minimum atomic E-state index is 0.706. The molecular weight excluding hydrogens is 196 g/mol. The molecule has 1 saturated heterocycles. The molecule has 0 radical (unpaired) electrons. The third-order valence-electron chi connectivity index (χ3n) is 2.75. The molecule has 1 aromatic heterocycles. The molecule has 78 valence electrons. The van der Waals surface area contributed by atoms with Gasteiger partial charge in [0.1, 0.15) is 0 Å². The summed E-state index contributed by atoms with van der Waals surface area (Å²) in [6.07, 6.45) is 4.35. The summed E-state index contributed by atoms with van der Waals surface area (Å²) in [5.74, 6) is 0. The first-order valence-electron chi connectivity index (χ1n) is 5.03. The summed E-state index contributed by atoms with van der Waals surface area (Å²) in [6, 6.07) is 0.706. The van der Waals surface area contributed by atoms with Crippen molar-refractivity contribution in [2.24, 2.45) is 0 Å². The fourth-order valence-electron chi connectivity index (χ4n) is 1.89. The summed E-state index contributed by atoms with van der Waals surface area (Å²) in [6.45, 7) is 3.22. The van der Waals surface area contributed by atoms with Gasteiger partial charge in [-0.1, -0.05) is 0 Å². The third kappa shape index (κ3) is 2.50. The van der Waals surface area contributed by atoms with Gasteiger partial charge in [0.25, 0.3) is 0 Å². The van der Waals surface area contributed by atoms with Gasteiger partial charge in [-0.25, -0.2) is 0 Å². The first-order valence-corrected chi connectivity index (χ1v) is 5.76. The summed E-state index contributed by atoms with van der Waals surface area (Å²) in [5, 5.41) is 3.38. The van der Waals surface area contributed by atoms with Crippen molar-refractivity contribution in [1.82, 2.24) is 19.0 Å². The Balaban J connectivity index is 1.85. The zero-order chi connectivity index (χ0) is 9.80. The van der Waals surface area contributed by atoms with E-state index < -0.39 is 0 Å². The maximum Gasteiger partial charge on any atom is 0.0883 e. The minimum absolute atomic E-state index is 0.706. The Kier molecular flexibility index (Phi) is 3.44. The standard InChI is InChI=1S/C9H16N4S/c1-13(7-8-6-11-14-12-8)9-2-4-10-5-3-9/h6,9-10H,2-5,7H2,1H3. The Hall–Kier alpha value is -0.520. The molecular formula is C9H16N4S. The highest BCUT2D eigenvalue weighted by Gasteiger charge is 2.18. The van der Waals surface area contributed by atoms with Crippen molar-refractivity contribution in [1.29, 1.82) is 0 Å². The van der Waals surface area contributed by atoms with Crippen LogP contribution in [0.2, 0.25) is 0 Å². The number of hydrogen-bond acceptors (Lipinski definition) is 5. The molecule has 0 spiro atoms. The van der Waals surface area contributed by atoms with Gasteiger partial charge in [0.05, 0.1) is 23.6 Å². The maximum atomic E-state index is 4.22. The van der Waals surface area contributed by atoms with Crippen LogP contribution in [0.3, 0.4) is 0 Å². The van der Waals surface area contributed by atoms with Crippen molar-refractivity contribution in [3.8, 4) is 0 Å². The normalized spacial score (nSPS) is 19.0. The van der Waals surface area contributed by atoms with Gasteiger partial charge in [-0.3, -0.25) is 4.90 Å². The van der Waals surface area contributed by atoms with Crippen molar-refractivity contribution in [3.05, 3.63) is 11.9 Å². The average molecular weight is 212 g/mol. The van der Waals surface area contributed by atoms with Crippen molar-refractivity contribution in [2.45, 2.75) is 25.4 Å². The average Bonchev–Trinajstić information content (AvgIpc) is 2.72. The lowest BCUT2D eigenvalue weighted by Gasteiger charge is -2.30. The van der Waals surface area contributed by atoms with Gasteiger partial charge in [0.15, 0.2) is 0 Å². The SMILES string of the molecule is CN(Cc1cnsn1)C1CCNCC1. The van der Waals surface area contributed by atoms with Gasteiger partial charge in [0.2, 0.25) is 0 Å². The van der Waals surface area contributed by atoms with Gasteiger partial charge in [-0.2, -0.15) is 8.75 Å². The van der Waals surface area contributed by atoms with Gasteiger partial charge < -0.3 is 5.32 Å². The monoisotopic (exact) mass is 212 g/mol. The molecule has 2 rings (SSSR count). The van der Waals surface area contributed by atoms with E-state index in [2.05, 4.69) is 26.0 Å². The predicted octanol–water partition coefficient (Wildman–Crippen LogP) is 0.722. The lowest BCUT2D eigenvalue weighted by atomic mass is 10.1. The van der Waals surface area contributed by atoms with Crippen LogP contribution in [0.1, 0.15) is 18.5 Å². The number of piperidine rings is 1. The topological polar surface area (TPSA) is 41.1 Å². The first kappa shape index (κ1) is 10.0. The zero-order valence-corrected chi connectivity index (χ0v) is 9.26. The number of aromatic nitrogens is 2. The second kappa shape index (κ2) is 4.82. The summed E-state index contributed by atoms with van der Waals surface area (Å²) in [5.41, 5.74) is 1.09. The summed E-state index contributed by atoms with van der Waals surface area (Å²) >= 11 is 1.29. The fourth-order valence-corrected chi connectivity index (χ4v) is 2.31. The molecule has 0 amide bonds. The summed E-state index contributed by atoms with van der Waals surface area (Å²) < 4.78 is 8.24. The van der Waals surface area contributed by atoms with E-state index in [1.807, 2.05) is 6.20 Å². The van der Waals surface area contributed by atoms with Gasteiger partial charge in [0, 0.05) is 12.6 Å². The smallest absolute Gasteiger partial charge is 0.0883 e. The number of nitrogens with zero attached hydrogens (tertiary/aromatic N) is 3. The van der Waals surface area contributed by atoms with E-state index in [9.17, 15) is 0 Å². The van der Waals surface area contributed by atoms with Crippen molar-refractivity contribution >= 4 is 11.7 Å². The maximum absolute atomic E-state index is 4.22. The summed E-state index contributed by atoms with van der Waals surface area (Å²) in [7, 11) is 2.18. The van der Waals surface area contributed by atoms with E-state index >= 15 is 0 Å². The minimum Gasteiger partial charge on any atom is -0.317 e. The molecule has 0 aliphatic carbocycles. The highest BCUT2D eigenvalue weighted by molar-refractivity contribution is 6.99. The first-order chi connectivity index (χ1) is 6.86. The number of rotatable bonds is 3. The molecule has 1 aliphatic rings. The van der Waals surface area contributed by atoms with Crippen LogP contribution in [0.15, 0.2) is 6.20 Å². The van der Waals surface area contributed by atoms with Crippen LogP contribution in [0.5, 0.6) is 0 Å². The van der Waals surface area contributed by atoms with Gasteiger partial charge >= 0.3 is 0 Å². The fraction of sp³-hybridized carbons (Fsp3) is 0.778. The van der Waals surface area contributed by atoms with Gasteiger partial charge in [-0.15, -0.1) is 0 Å². The molecule has 14 heavy (non-hydrogen) atoms. The Morgan fingerprint density at radius 2 is 2.36 bits per heavy atom. The quantitative estimate of drug-likeness (QED) is 0.801. The second-order valence-electron chi connectivity index (χ2n) is 3.80. The van der Waals surface area contributed by atoms with Crippen LogP contribution in [-0.2, 0) is 6.54 Å². The molecule has 1 fully saturated rings. The molecule has 1 aromatic rings. The van der Waals surface area contributed by atoms with Crippen LogP contribution >= 0.6 is 11.7 Å². The molecule has 1 N–H and O–H groups in total. The van der Waals surface area contributed by atoms with Crippen molar-refractivity contribution < 1.29 is 0 Å². The molecule has 0 unspecified atom stereocenters. The Bertz CT molecular complexity index is 256. The van der Waals surface area contributed by atoms with Crippen LogP contribution < -0.4 is 5.32 Å². The van der Waals surface area contributed by atoms with E-state index in [1.165, 1.54) is 24.6 Å². The second-order valence-corrected chi connectivity index (χ2v) is 4.35. The van der Waals surface area contributed by atoms with Crippen LogP contribution in [0.4, 0.5) is 0 Å². The van der Waals surface area contributed by atoms with E-state index in [4.69, 9.17) is 0 Å². The molecule has 2 heterocycles. The Morgan fingerprint density at radius 3 is 3.00 bits per heavy atom. The number of hydrogen-bond donors (Lipinski definition) is 1. The van der Waals surface area contributed by atoms with E-state index in [1.54, 1.807) is 0 Å². The highest BCUT2D eigenvalue weighted by Crippen LogP contribution is 2.12. The van der Waals surface area contributed by atoms with E-state index in [0.717, 1.165) is 25.3 Å². The lowest BCUT2D eigenvalue weighted by molar-refractivity contribution is 0.190. The largest absolute Gasteiger partial charge is 0.317 e. The molecule has 4 nitrogen and oxygen atoms in total. The summed E-state index contributed by atoms with van der Waals surface area (Å²) in [4.78, 5) is 2.39. The van der Waals surface area contributed by atoms with E-state index in [0.29, 0.717) is 6.04 Å². The predicted molar refractivity (Wildman–Crippen MR) is 57.3 cm³/mol. The van der Waals surface area contributed by atoms with Crippen molar-refractivity contribution in [3.63, 3.8) is 0 Å². The van der Waals surface area contributed by atoms with Crippen LogP contribution in [0, 0.1) is 0 Å². The molecule has 0 aromatic carbocycles. The van der Waals surface area contributed by atoms with Gasteiger partial charge in [-0.05, 0) is 33.0 Å².